The van der Waals surface area contributed by atoms with E-state index in [2.05, 4.69) is 0 Å². The van der Waals surface area contributed by atoms with Gasteiger partial charge in [0.25, 0.3) is 0 Å². The van der Waals surface area contributed by atoms with Crippen LogP contribution in [-0.4, -0.2) is 17.5 Å². The molecule has 0 amide bonds. The fourth-order valence-corrected chi connectivity index (χ4v) is 3.13. The number of rotatable bonds is 4. The molecular formula is C16H15NO2S. The van der Waals surface area contributed by atoms with E-state index in [-0.39, 0.29) is 5.78 Å². The van der Waals surface area contributed by atoms with Gasteiger partial charge in [0, 0.05) is 16.5 Å². The minimum absolute atomic E-state index is 0.142. The lowest BCUT2D eigenvalue weighted by molar-refractivity contribution is 0.0977. The number of nitrogens with zero attached hydrogens (tertiary/aromatic N) is 1. The highest BCUT2D eigenvalue weighted by atomic mass is 32.1. The van der Waals surface area contributed by atoms with Gasteiger partial charge in [-0.25, -0.2) is 0 Å². The third-order valence-electron chi connectivity index (χ3n) is 3.32. The van der Waals surface area contributed by atoms with Crippen molar-refractivity contribution >= 4 is 28.0 Å². The first-order chi connectivity index (χ1) is 9.69. The lowest BCUT2D eigenvalue weighted by Crippen LogP contribution is -2.07. The summed E-state index contributed by atoms with van der Waals surface area (Å²) in [6.07, 6.45) is 1.94. The molecule has 20 heavy (non-hydrogen) atoms. The molecule has 0 saturated heterocycles. The number of benzene rings is 1. The van der Waals surface area contributed by atoms with Gasteiger partial charge in [-0.15, -0.1) is 11.3 Å². The lowest BCUT2D eigenvalue weighted by atomic mass is 10.2. The van der Waals surface area contributed by atoms with Crippen LogP contribution in [-0.2, 0) is 6.54 Å². The Balaban J connectivity index is 1.93. The van der Waals surface area contributed by atoms with Crippen molar-refractivity contribution in [2.75, 3.05) is 7.11 Å². The molecular weight excluding hydrogens is 270 g/mol. The number of methoxy groups -OCH3 is 1. The summed E-state index contributed by atoms with van der Waals surface area (Å²) in [6.45, 7) is 2.37. The van der Waals surface area contributed by atoms with Crippen molar-refractivity contribution in [1.82, 2.24) is 4.57 Å². The Morgan fingerprint density at radius 3 is 2.80 bits per heavy atom. The summed E-state index contributed by atoms with van der Waals surface area (Å²) >= 11 is 1.54. The minimum Gasteiger partial charge on any atom is -0.496 e. The van der Waals surface area contributed by atoms with Gasteiger partial charge in [-0.1, -0.05) is 6.07 Å². The summed E-state index contributed by atoms with van der Waals surface area (Å²) in [5.74, 6) is 0.976. The summed E-state index contributed by atoms with van der Waals surface area (Å²) in [5.41, 5.74) is 1.02. The summed E-state index contributed by atoms with van der Waals surface area (Å²) in [4.78, 5) is 14.3. The number of carbonyl (C=O) groups excluding carboxylic acids is 1. The minimum atomic E-state index is 0.142. The van der Waals surface area contributed by atoms with Crippen LogP contribution >= 0.6 is 11.3 Å². The van der Waals surface area contributed by atoms with Gasteiger partial charge in [0.2, 0.25) is 0 Å². The van der Waals surface area contributed by atoms with E-state index in [9.17, 15) is 4.79 Å². The number of carbonyl (C=O) groups is 1. The second kappa shape index (κ2) is 5.13. The van der Waals surface area contributed by atoms with Gasteiger partial charge in [0.15, 0.2) is 5.78 Å². The molecule has 0 spiro atoms. The molecule has 0 aliphatic heterocycles. The molecule has 0 fully saturated rings. The van der Waals surface area contributed by atoms with Crippen molar-refractivity contribution in [3.63, 3.8) is 0 Å². The Morgan fingerprint density at radius 2 is 2.10 bits per heavy atom. The molecule has 2 aromatic heterocycles. The largest absolute Gasteiger partial charge is 0.496 e. The first-order valence-corrected chi connectivity index (χ1v) is 7.22. The normalized spacial score (nSPS) is 10.9. The molecule has 0 saturated carbocycles. The van der Waals surface area contributed by atoms with Crippen molar-refractivity contribution in [3.8, 4) is 5.75 Å². The van der Waals surface area contributed by atoms with Crippen LogP contribution in [0.5, 0.6) is 5.75 Å². The second-order valence-corrected chi connectivity index (χ2v) is 5.96. The van der Waals surface area contributed by atoms with Crippen molar-refractivity contribution in [2.45, 2.75) is 13.5 Å². The fourth-order valence-electron chi connectivity index (χ4n) is 2.33. The quantitative estimate of drug-likeness (QED) is 0.681. The van der Waals surface area contributed by atoms with Crippen LogP contribution in [0.3, 0.4) is 0 Å². The van der Waals surface area contributed by atoms with E-state index in [0.29, 0.717) is 6.54 Å². The molecule has 4 heteroatoms. The second-order valence-electron chi connectivity index (χ2n) is 4.67. The van der Waals surface area contributed by atoms with Gasteiger partial charge in [-0.05, 0) is 37.3 Å². The van der Waals surface area contributed by atoms with Crippen LogP contribution in [0, 0.1) is 6.92 Å². The Morgan fingerprint density at radius 1 is 1.25 bits per heavy atom. The van der Waals surface area contributed by atoms with Gasteiger partial charge in [-0.3, -0.25) is 4.79 Å². The first-order valence-electron chi connectivity index (χ1n) is 6.40. The van der Waals surface area contributed by atoms with E-state index in [1.807, 2.05) is 54.1 Å². The standard InChI is InChI=1S/C16H15NO2S/c1-11-6-7-16(20-11)14(18)10-17-9-8-12-13(17)4-3-5-15(12)19-2/h3-9H,10H2,1-2H3. The van der Waals surface area contributed by atoms with Crippen LogP contribution in [0.4, 0.5) is 0 Å². The number of hydrogen-bond acceptors (Lipinski definition) is 3. The maximum atomic E-state index is 12.3. The van der Waals surface area contributed by atoms with E-state index in [4.69, 9.17) is 4.74 Å². The van der Waals surface area contributed by atoms with Gasteiger partial charge in [0.05, 0.1) is 24.0 Å². The van der Waals surface area contributed by atoms with Crippen molar-refractivity contribution < 1.29 is 9.53 Å². The van der Waals surface area contributed by atoms with E-state index in [1.165, 1.54) is 0 Å². The average molecular weight is 285 g/mol. The Labute approximate surface area is 121 Å². The van der Waals surface area contributed by atoms with Gasteiger partial charge < -0.3 is 9.30 Å². The average Bonchev–Trinajstić information content (AvgIpc) is 3.05. The van der Waals surface area contributed by atoms with Crippen LogP contribution < -0.4 is 4.74 Å². The predicted octanol–water partition coefficient (Wildman–Crippen LogP) is 3.90. The van der Waals surface area contributed by atoms with Gasteiger partial charge in [-0.2, -0.15) is 0 Å². The summed E-state index contributed by atoms with van der Waals surface area (Å²) in [5, 5.41) is 1.03. The summed E-state index contributed by atoms with van der Waals surface area (Å²) in [6, 6.07) is 11.7. The highest BCUT2D eigenvalue weighted by Gasteiger charge is 2.12. The Bertz CT molecular complexity index is 770. The molecule has 0 bridgehead atoms. The fraction of sp³-hybridized carbons (Fsp3) is 0.188. The number of fused-ring (bicyclic) bond motifs is 1. The maximum Gasteiger partial charge on any atom is 0.192 e. The Kier molecular flexibility index (Phi) is 3.32. The molecule has 3 nitrogen and oxygen atoms in total. The topological polar surface area (TPSA) is 31.2 Å². The zero-order chi connectivity index (χ0) is 14.1. The zero-order valence-corrected chi connectivity index (χ0v) is 12.2. The first kappa shape index (κ1) is 12.9. The van der Waals surface area contributed by atoms with E-state index < -0.39 is 0 Å². The predicted molar refractivity (Wildman–Crippen MR) is 81.9 cm³/mol. The molecule has 1 aromatic carbocycles. The van der Waals surface area contributed by atoms with Crippen LogP contribution in [0.25, 0.3) is 10.9 Å². The number of ketones is 1. The number of Topliss-reactive ketones (excluding diaryl/α,β-unsaturated/α-hetero) is 1. The number of hydrogen-bond donors (Lipinski definition) is 0. The monoisotopic (exact) mass is 285 g/mol. The maximum absolute atomic E-state index is 12.3. The smallest absolute Gasteiger partial charge is 0.192 e. The van der Waals surface area contributed by atoms with Crippen LogP contribution in [0.15, 0.2) is 42.6 Å². The molecule has 102 valence electrons. The highest BCUT2D eigenvalue weighted by molar-refractivity contribution is 7.14. The molecule has 0 aliphatic rings. The summed E-state index contributed by atoms with van der Waals surface area (Å²) < 4.78 is 7.31. The highest BCUT2D eigenvalue weighted by Crippen LogP contribution is 2.26. The molecule has 0 atom stereocenters. The van der Waals surface area contributed by atoms with E-state index in [0.717, 1.165) is 26.4 Å². The van der Waals surface area contributed by atoms with E-state index >= 15 is 0 Å². The lowest BCUT2D eigenvalue weighted by Gasteiger charge is -2.05. The SMILES string of the molecule is COc1cccc2c1ccn2CC(=O)c1ccc(C)s1. The molecule has 0 N–H and O–H groups in total. The third kappa shape index (κ3) is 2.23. The number of thiophene rings is 1. The number of aromatic nitrogens is 1. The molecule has 2 heterocycles. The molecule has 0 aliphatic carbocycles. The van der Waals surface area contributed by atoms with Crippen LogP contribution in [0.1, 0.15) is 14.5 Å². The number of aryl methyl sites for hydroxylation is 1. The molecule has 3 rings (SSSR count). The molecule has 0 radical (unpaired) electrons. The Hall–Kier alpha value is -2.07. The summed E-state index contributed by atoms with van der Waals surface area (Å²) in [7, 11) is 1.66. The zero-order valence-electron chi connectivity index (χ0n) is 11.4. The van der Waals surface area contributed by atoms with Crippen LogP contribution in [0.2, 0.25) is 0 Å². The van der Waals surface area contributed by atoms with Crippen molar-refractivity contribution in [1.29, 1.82) is 0 Å². The van der Waals surface area contributed by atoms with Crippen molar-refractivity contribution in [2.24, 2.45) is 0 Å². The van der Waals surface area contributed by atoms with Gasteiger partial charge in [0.1, 0.15) is 5.75 Å². The third-order valence-corrected chi connectivity index (χ3v) is 4.36. The van der Waals surface area contributed by atoms with Gasteiger partial charge >= 0.3 is 0 Å². The number of ether oxygens (including phenoxy) is 1. The molecule has 3 aromatic rings. The van der Waals surface area contributed by atoms with Crippen molar-refractivity contribution in [3.05, 3.63) is 52.3 Å². The molecule has 0 unspecified atom stereocenters. The van der Waals surface area contributed by atoms with E-state index in [1.54, 1.807) is 18.4 Å².